The molecule has 2 aromatic rings. The van der Waals surface area contributed by atoms with Crippen LogP contribution in [0, 0.1) is 0 Å². The molecule has 0 aliphatic rings. The first-order valence-corrected chi connectivity index (χ1v) is 14.7. The summed E-state index contributed by atoms with van der Waals surface area (Å²) in [6.07, 6.45) is 7.40. The average molecular weight is 511 g/mol. The molecule has 2 unspecified atom stereocenters. The standard InChI is InChI=1S/C25H38N2O5S2/c1-19(7-5-4-6-15-32-16-14-20-8-11-22(33-2)12-9-20)26-18-25(29)21-10-13-24(28)23(17-21)27-34(3,30)31/h8-13,17,19,25-29H,4-7,14-16,18H2,1-3H3. The number of aliphatic hydroxyl groups excluding tert-OH is 1. The summed E-state index contributed by atoms with van der Waals surface area (Å²) in [5, 5.41) is 23.6. The summed E-state index contributed by atoms with van der Waals surface area (Å²) >= 11 is 1.75. The highest BCUT2D eigenvalue weighted by Crippen LogP contribution is 2.27. The molecule has 0 spiro atoms. The highest BCUT2D eigenvalue weighted by Gasteiger charge is 2.14. The van der Waals surface area contributed by atoms with Gasteiger partial charge in [0.1, 0.15) is 5.75 Å². The van der Waals surface area contributed by atoms with Crippen molar-refractivity contribution in [2.24, 2.45) is 0 Å². The molecule has 2 rings (SSSR count). The van der Waals surface area contributed by atoms with Gasteiger partial charge in [-0.3, -0.25) is 4.72 Å². The van der Waals surface area contributed by atoms with Crippen molar-refractivity contribution in [3.8, 4) is 5.75 Å². The van der Waals surface area contributed by atoms with Gasteiger partial charge >= 0.3 is 0 Å². The lowest BCUT2D eigenvalue weighted by molar-refractivity contribution is 0.132. The molecular weight excluding hydrogens is 472 g/mol. The molecule has 34 heavy (non-hydrogen) atoms. The zero-order chi connectivity index (χ0) is 25.0. The van der Waals surface area contributed by atoms with Crippen LogP contribution in [0.2, 0.25) is 0 Å². The van der Waals surface area contributed by atoms with Crippen LogP contribution in [0.25, 0.3) is 0 Å². The van der Waals surface area contributed by atoms with Crippen molar-refractivity contribution < 1.29 is 23.4 Å². The van der Waals surface area contributed by atoms with E-state index in [1.165, 1.54) is 22.6 Å². The molecule has 0 amide bonds. The van der Waals surface area contributed by atoms with Gasteiger partial charge in [-0.2, -0.15) is 0 Å². The second kappa shape index (κ2) is 14.6. The lowest BCUT2D eigenvalue weighted by atomic mass is 10.1. The van der Waals surface area contributed by atoms with Crippen molar-refractivity contribution in [2.75, 3.05) is 37.0 Å². The molecule has 0 aromatic heterocycles. The third kappa shape index (κ3) is 11.1. The SMILES string of the molecule is CSc1ccc(CCOCCCCCC(C)NCC(O)c2ccc(O)c(NS(C)(=O)=O)c2)cc1. The first kappa shape index (κ1) is 28.5. The summed E-state index contributed by atoms with van der Waals surface area (Å²) < 4.78 is 30.9. The molecule has 0 heterocycles. The topological polar surface area (TPSA) is 108 Å². The van der Waals surface area contributed by atoms with Crippen LogP contribution in [0.3, 0.4) is 0 Å². The van der Waals surface area contributed by atoms with Crippen molar-refractivity contribution >= 4 is 27.5 Å². The zero-order valence-electron chi connectivity index (χ0n) is 20.3. The van der Waals surface area contributed by atoms with Crippen molar-refractivity contribution in [3.05, 3.63) is 53.6 Å². The molecule has 0 saturated carbocycles. The number of ether oxygens (including phenoxy) is 1. The maximum Gasteiger partial charge on any atom is 0.229 e. The first-order chi connectivity index (χ1) is 16.2. The molecule has 0 saturated heterocycles. The molecule has 0 bridgehead atoms. The number of anilines is 1. The minimum absolute atomic E-state index is 0.0582. The Hall–Kier alpha value is -1.78. The van der Waals surface area contributed by atoms with Gasteiger partial charge in [-0.25, -0.2) is 8.42 Å². The normalized spacial score (nSPS) is 13.5. The molecular formula is C25H38N2O5S2. The molecule has 2 atom stereocenters. The maximum absolute atomic E-state index is 11.4. The molecule has 0 aliphatic heterocycles. The van der Waals surface area contributed by atoms with Gasteiger partial charge in [0.2, 0.25) is 10.0 Å². The summed E-state index contributed by atoms with van der Waals surface area (Å²) in [7, 11) is -3.52. The van der Waals surface area contributed by atoms with Gasteiger partial charge in [0.05, 0.1) is 24.7 Å². The highest BCUT2D eigenvalue weighted by atomic mass is 32.2. The number of benzene rings is 2. The predicted octanol–water partition coefficient (Wildman–Crippen LogP) is 4.32. The van der Waals surface area contributed by atoms with Gasteiger partial charge < -0.3 is 20.3 Å². The van der Waals surface area contributed by atoms with Crippen molar-refractivity contribution in [3.63, 3.8) is 0 Å². The number of nitrogens with one attached hydrogen (secondary N) is 2. The number of hydrogen-bond acceptors (Lipinski definition) is 7. The number of phenols is 1. The van der Waals surface area contributed by atoms with E-state index in [0.29, 0.717) is 12.1 Å². The third-order valence-electron chi connectivity index (χ3n) is 5.48. The van der Waals surface area contributed by atoms with Gasteiger partial charge in [-0.05, 0) is 67.8 Å². The highest BCUT2D eigenvalue weighted by molar-refractivity contribution is 7.98. The van der Waals surface area contributed by atoms with Gasteiger partial charge in [0.25, 0.3) is 0 Å². The van der Waals surface area contributed by atoms with Crippen LogP contribution < -0.4 is 10.0 Å². The fourth-order valence-electron chi connectivity index (χ4n) is 3.49. The Balaban J connectivity index is 1.57. The Morgan fingerprint density at radius 3 is 2.47 bits per heavy atom. The van der Waals surface area contributed by atoms with E-state index < -0.39 is 16.1 Å². The average Bonchev–Trinajstić information content (AvgIpc) is 2.80. The summed E-state index contributed by atoms with van der Waals surface area (Å²) in [5.74, 6) is -0.184. The Bertz CT molecular complexity index is 968. The van der Waals surface area contributed by atoms with Gasteiger partial charge in [0.15, 0.2) is 0 Å². The molecule has 0 radical (unpaired) electrons. The number of phenolic OH excluding ortho intramolecular Hbond substituents is 1. The number of sulfonamides is 1. The van der Waals surface area contributed by atoms with Crippen LogP contribution in [-0.2, 0) is 21.2 Å². The van der Waals surface area contributed by atoms with Crippen LogP contribution in [0.4, 0.5) is 5.69 Å². The number of aliphatic hydroxyl groups is 1. The first-order valence-electron chi connectivity index (χ1n) is 11.6. The quantitative estimate of drug-likeness (QED) is 0.151. The van der Waals surface area contributed by atoms with Crippen molar-refractivity contribution in [2.45, 2.75) is 56.1 Å². The van der Waals surface area contributed by atoms with Crippen molar-refractivity contribution in [1.82, 2.24) is 5.32 Å². The zero-order valence-corrected chi connectivity index (χ0v) is 21.9. The lowest BCUT2D eigenvalue weighted by Gasteiger charge is -2.18. The van der Waals surface area contributed by atoms with E-state index in [0.717, 1.165) is 51.6 Å². The number of aromatic hydroxyl groups is 1. The Morgan fingerprint density at radius 1 is 1.06 bits per heavy atom. The molecule has 0 aliphatic carbocycles. The Morgan fingerprint density at radius 2 is 1.79 bits per heavy atom. The van der Waals surface area contributed by atoms with Crippen LogP contribution in [-0.4, -0.2) is 56.9 Å². The fraction of sp³-hybridized carbons (Fsp3) is 0.520. The monoisotopic (exact) mass is 510 g/mol. The molecule has 0 fully saturated rings. The maximum atomic E-state index is 11.4. The second-order valence-corrected chi connectivity index (χ2v) is 11.2. The largest absolute Gasteiger partial charge is 0.506 e. The molecule has 9 heteroatoms. The van der Waals surface area contributed by atoms with Crippen LogP contribution >= 0.6 is 11.8 Å². The molecule has 190 valence electrons. The van der Waals surface area contributed by atoms with Crippen LogP contribution in [0.15, 0.2) is 47.4 Å². The van der Waals surface area contributed by atoms with Crippen LogP contribution in [0.5, 0.6) is 5.75 Å². The summed E-state index contributed by atoms with van der Waals surface area (Å²) in [4.78, 5) is 1.28. The van der Waals surface area contributed by atoms with Crippen LogP contribution in [0.1, 0.15) is 49.8 Å². The van der Waals surface area contributed by atoms with E-state index in [1.807, 2.05) is 0 Å². The van der Waals surface area contributed by atoms with Crippen molar-refractivity contribution in [1.29, 1.82) is 0 Å². The van der Waals surface area contributed by atoms with Gasteiger partial charge in [0, 0.05) is 24.1 Å². The fourth-order valence-corrected chi connectivity index (χ4v) is 4.46. The Kier molecular flexibility index (Phi) is 12.2. The third-order valence-corrected chi connectivity index (χ3v) is 6.81. The van der Waals surface area contributed by atoms with E-state index in [4.69, 9.17) is 4.74 Å². The number of unbranched alkanes of at least 4 members (excludes halogenated alkanes) is 2. The van der Waals surface area contributed by atoms with Gasteiger partial charge in [-0.1, -0.05) is 31.0 Å². The number of rotatable bonds is 16. The smallest absolute Gasteiger partial charge is 0.229 e. The van der Waals surface area contributed by atoms with E-state index in [2.05, 4.69) is 47.5 Å². The molecule has 4 N–H and O–H groups in total. The van der Waals surface area contributed by atoms with E-state index in [9.17, 15) is 18.6 Å². The Labute approximate surface area is 208 Å². The van der Waals surface area contributed by atoms with Gasteiger partial charge in [-0.15, -0.1) is 11.8 Å². The molecule has 2 aromatic carbocycles. The summed E-state index contributed by atoms with van der Waals surface area (Å²) in [6.45, 7) is 3.94. The number of hydrogen-bond donors (Lipinski definition) is 4. The van der Waals surface area contributed by atoms with E-state index in [-0.39, 0.29) is 17.5 Å². The van der Waals surface area contributed by atoms with E-state index >= 15 is 0 Å². The van der Waals surface area contributed by atoms with E-state index in [1.54, 1.807) is 17.8 Å². The number of thioether (sulfide) groups is 1. The summed E-state index contributed by atoms with van der Waals surface area (Å²) in [6, 6.07) is 13.3. The predicted molar refractivity (Wildman–Crippen MR) is 140 cm³/mol. The minimum Gasteiger partial charge on any atom is -0.506 e. The summed E-state index contributed by atoms with van der Waals surface area (Å²) in [5.41, 5.74) is 1.89. The minimum atomic E-state index is -3.52. The lowest BCUT2D eigenvalue weighted by Crippen LogP contribution is -2.30. The second-order valence-electron chi connectivity index (χ2n) is 8.54. The molecule has 7 nitrogen and oxygen atoms in total.